The van der Waals surface area contributed by atoms with Crippen molar-refractivity contribution in [3.8, 4) is 5.75 Å². The maximum absolute atomic E-state index is 12.1. The predicted molar refractivity (Wildman–Crippen MR) is 84.4 cm³/mol. The number of pyridine rings is 1. The standard InChI is InChI=1S/C15H17N3O3S/c1-12(2)21-14-5-7-15(8-6-14)22(19,20)18-17-11-13-4-3-9-16-10-13/h3-12,18H,1-2H3/b17-11+. The van der Waals surface area contributed by atoms with E-state index in [0.717, 1.165) is 0 Å². The number of hydrogen-bond acceptors (Lipinski definition) is 5. The van der Waals surface area contributed by atoms with Crippen molar-refractivity contribution in [2.24, 2.45) is 5.10 Å². The Morgan fingerprint density at radius 2 is 1.95 bits per heavy atom. The van der Waals surface area contributed by atoms with Gasteiger partial charge < -0.3 is 4.74 Å². The molecule has 2 rings (SSSR count). The number of rotatable bonds is 6. The van der Waals surface area contributed by atoms with E-state index in [0.29, 0.717) is 11.3 Å². The monoisotopic (exact) mass is 319 g/mol. The summed E-state index contributed by atoms with van der Waals surface area (Å²) in [6, 6.07) is 9.67. The second kappa shape index (κ2) is 7.04. The van der Waals surface area contributed by atoms with Crippen LogP contribution in [0.3, 0.4) is 0 Å². The van der Waals surface area contributed by atoms with Gasteiger partial charge in [-0.05, 0) is 44.2 Å². The molecule has 116 valence electrons. The molecular weight excluding hydrogens is 302 g/mol. The van der Waals surface area contributed by atoms with Crippen molar-refractivity contribution in [3.05, 3.63) is 54.4 Å². The molecule has 0 spiro atoms. The minimum atomic E-state index is -3.70. The number of nitrogens with one attached hydrogen (secondary N) is 1. The van der Waals surface area contributed by atoms with E-state index in [1.165, 1.54) is 18.3 Å². The van der Waals surface area contributed by atoms with E-state index in [4.69, 9.17) is 4.74 Å². The zero-order valence-electron chi connectivity index (χ0n) is 12.3. The number of ether oxygens (including phenoxy) is 1. The van der Waals surface area contributed by atoms with Crippen molar-refractivity contribution in [3.63, 3.8) is 0 Å². The molecule has 0 saturated heterocycles. The summed E-state index contributed by atoms with van der Waals surface area (Å²) in [6.45, 7) is 3.80. The van der Waals surface area contributed by atoms with E-state index in [1.807, 2.05) is 13.8 Å². The van der Waals surface area contributed by atoms with Crippen LogP contribution in [0.4, 0.5) is 0 Å². The predicted octanol–water partition coefficient (Wildman–Crippen LogP) is 2.18. The average Bonchev–Trinajstić information content (AvgIpc) is 2.48. The number of aromatic nitrogens is 1. The molecule has 0 bridgehead atoms. The van der Waals surface area contributed by atoms with Crippen LogP contribution in [0.2, 0.25) is 0 Å². The van der Waals surface area contributed by atoms with E-state index < -0.39 is 10.0 Å². The minimum Gasteiger partial charge on any atom is -0.491 e. The van der Waals surface area contributed by atoms with Crippen LogP contribution in [0, 0.1) is 0 Å². The first-order valence-corrected chi connectivity index (χ1v) is 8.17. The molecule has 1 aromatic carbocycles. The Morgan fingerprint density at radius 3 is 2.55 bits per heavy atom. The van der Waals surface area contributed by atoms with E-state index >= 15 is 0 Å². The fraction of sp³-hybridized carbons (Fsp3) is 0.200. The van der Waals surface area contributed by atoms with Gasteiger partial charge in [-0.2, -0.15) is 13.5 Å². The van der Waals surface area contributed by atoms with Gasteiger partial charge in [0.05, 0.1) is 17.2 Å². The van der Waals surface area contributed by atoms with Crippen molar-refractivity contribution in [2.75, 3.05) is 0 Å². The molecule has 0 saturated carbocycles. The van der Waals surface area contributed by atoms with Gasteiger partial charge in [0.1, 0.15) is 5.75 Å². The zero-order chi connectivity index (χ0) is 16.0. The van der Waals surface area contributed by atoms with Crippen molar-refractivity contribution in [1.29, 1.82) is 0 Å². The van der Waals surface area contributed by atoms with Crippen LogP contribution in [0.15, 0.2) is 58.8 Å². The maximum atomic E-state index is 12.1. The van der Waals surface area contributed by atoms with Crippen molar-refractivity contribution < 1.29 is 13.2 Å². The summed E-state index contributed by atoms with van der Waals surface area (Å²) < 4.78 is 29.6. The Bertz CT molecular complexity index is 726. The zero-order valence-corrected chi connectivity index (χ0v) is 13.1. The lowest BCUT2D eigenvalue weighted by molar-refractivity contribution is 0.242. The summed E-state index contributed by atoms with van der Waals surface area (Å²) in [5.74, 6) is 0.618. The summed E-state index contributed by atoms with van der Waals surface area (Å²) in [4.78, 5) is 6.18. The van der Waals surface area contributed by atoms with Gasteiger partial charge in [0.2, 0.25) is 0 Å². The third-order valence-electron chi connectivity index (χ3n) is 2.58. The molecule has 6 nitrogen and oxygen atoms in total. The number of benzene rings is 1. The molecule has 0 radical (unpaired) electrons. The molecule has 0 atom stereocenters. The molecule has 0 aliphatic rings. The lowest BCUT2D eigenvalue weighted by Crippen LogP contribution is -2.18. The van der Waals surface area contributed by atoms with Gasteiger partial charge in [0, 0.05) is 18.0 Å². The SMILES string of the molecule is CC(C)Oc1ccc(S(=O)(=O)N/N=C/c2cccnc2)cc1. The fourth-order valence-corrected chi connectivity index (χ4v) is 2.44. The smallest absolute Gasteiger partial charge is 0.276 e. The molecule has 0 fully saturated rings. The highest BCUT2D eigenvalue weighted by Crippen LogP contribution is 2.16. The second-order valence-corrected chi connectivity index (χ2v) is 6.44. The Kier molecular flexibility index (Phi) is 5.11. The Labute approximate surface area is 129 Å². The second-order valence-electron chi connectivity index (χ2n) is 4.78. The van der Waals surface area contributed by atoms with Gasteiger partial charge in [-0.3, -0.25) is 4.98 Å². The lowest BCUT2D eigenvalue weighted by atomic mass is 10.3. The highest BCUT2D eigenvalue weighted by atomic mass is 32.2. The van der Waals surface area contributed by atoms with Crippen LogP contribution < -0.4 is 9.57 Å². The Balaban J connectivity index is 2.05. The molecule has 2 aromatic rings. The van der Waals surface area contributed by atoms with Crippen LogP contribution in [-0.2, 0) is 10.0 Å². The number of sulfonamides is 1. The molecule has 1 heterocycles. The van der Waals surface area contributed by atoms with Gasteiger partial charge in [0.15, 0.2) is 0 Å². The first kappa shape index (κ1) is 16.0. The molecule has 0 aliphatic heterocycles. The van der Waals surface area contributed by atoms with E-state index in [1.54, 1.807) is 36.7 Å². The highest BCUT2D eigenvalue weighted by Gasteiger charge is 2.12. The lowest BCUT2D eigenvalue weighted by Gasteiger charge is -2.10. The third kappa shape index (κ3) is 4.56. The Hall–Kier alpha value is -2.41. The van der Waals surface area contributed by atoms with Gasteiger partial charge in [-0.25, -0.2) is 4.83 Å². The fourth-order valence-electron chi connectivity index (χ4n) is 1.64. The molecule has 1 N–H and O–H groups in total. The van der Waals surface area contributed by atoms with Gasteiger partial charge >= 0.3 is 0 Å². The van der Waals surface area contributed by atoms with E-state index in [9.17, 15) is 8.42 Å². The van der Waals surface area contributed by atoms with Crippen molar-refractivity contribution in [2.45, 2.75) is 24.8 Å². The number of hydrazone groups is 1. The molecule has 1 aromatic heterocycles. The highest BCUT2D eigenvalue weighted by molar-refractivity contribution is 7.89. The van der Waals surface area contributed by atoms with Gasteiger partial charge in [-0.1, -0.05) is 6.07 Å². The molecule has 0 amide bonds. The van der Waals surface area contributed by atoms with E-state index in [2.05, 4.69) is 14.9 Å². The molecule has 7 heteroatoms. The molecule has 0 unspecified atom stereocenters. The normalized spacial score (nSPS) is 11.8. The minimum absolute atomic E-state index is 0.0321. The molecular formula is C15H17N3O3S. The number of hydrogen-bond donors (Lipinski definition) is 1. The summed E-state index contributed by atoms with van der Waals surface area (Å²) in [7, 11) is -3.70. The van der Waals surface area contributed by atoms with Crippen LogP contribution in [-0.4, -0.2) is 25.7 Å². The molecule has 22 heavy (non-hydrogen) atoms. The van der Waals surface area contributed by atoms with Crippen molar-refractivity contribution >= 4 is 16.2 Å². The topological polar surface area (TPSA) is 80.7 Å². The van der Waals surface area contributed by atoms with Crippen LogP contribution in [0.5, 0.6) is 5.75 Å². The third-order valence-corrected chi connectivity index (χ3v) is 3.82. The van der Waals surface area contributed by atoms with Gasteiger partial charge in [0.25, 0.3) is 10.0 Å². The van der Waals surface area contributed by atoms with Crippen LogP contribution in [0.1, 0.15) is 19.4 Å². The number of nitrogens with zero attached hydrogens (tertiary/aromatic N) is 2. The average molecular weight is 319 g/mol. The van der Waals surface area contributed by atoms with Crippen LogP contribution >= 0.6 is 0 Å². The van der Waals surface area contributed by atoms with E-state index in [-0.39, 0.29) is 11.0 Å². The summed E-state index contributed by atoms with van der Waals surface area (Å²) in [5.41, 5.74) is 0.700. The first-order chi connectivity index (χ1) is 10.5. The summed E-state index contributed by atoms with van der Waals surface area (Å²) in [5, 5.41) is 3.73. The largest absolute Gasteiger partial charge is 0.491 e. The van der Waals surface area contributed by atoms with Crippen LogP contribution in [0.25, 0.3) is 0 Å². The summed E-state index contributed by atoms with van der Waals surface area (Å²) >= 11 is 0. The Morgan fingerprint density at radius 1 is 1.23 bits per heavy atom. The van der Waals surface area contributed by atoms with Crippen molar-refractivity contribution in [1.82, 2.24) is 9.82 Å². The summed E-state index contributed by atoms with van der Waals surface area (Å²) in [6.07, 6.45) is 4.63. The maximum Gasteiger partial charge on any atom is 0.276 e. The van der Waals surface area contributed by atoms with Gasteiger partial charge in [-0.15, -0.1) is 0 Å². The first-order valence-electron chi connectivity index (χ1n) is 6.69. The molecule has 0 aliphatic carbocycles. The quantitative estimate of drug-likeness (QED) is 0.653.